The summed E-state index contributed by atoms with van der Waals surface area (Å²) >= 11 is 14.2. The number of fused-ring (bicyclic) bond motifs is 3. The maximum Gasteiger partial charge on any atom is 0.0972 e. The molecule has 2 aromatic heterocycles. The summed E-state index contributed by atoms with van der Waals surface area (Å²) in [7, 11) is 0. The van der Waals surface area contributed by atoms with Crippen LogP contribution in [0.2, 0.25) is 0 Å². The molecule has 0 radical (unpaired) electrons. The van der Waals surface area contributed by atoms with Crippen LogP contribution < -0.4 is 0 Å². The lowest BCUT2D eigenvalue weighted by Crippen LogP contribution is -1.91. The molecule has 0 amide bonds. The molecule has 3 aromatic carbocycles. The molecular formula is C26H16Br4N2. The van der Waals surface area contributed by atoms with E-state index in [9.17, 15) is 0 Å². The Morgan fingerprint density at radius 3 is 1.12 bits per heavy atom. The third kappa shape index (κ3) is 4.43. The minimum atomic E-state index is 0.143. The smallest absolute Gasteiger partial charge is 0.0972 e. The first-order valence-electron chi connectivity index (χ1n) is 9.97. The summed E-state index contributed by atoms with van der Waals surface area (Å²) in [6.07, 6.45) is 0. The molecule has 5 rings (SSSR count). The highest BCUT2D eigenvalue weighted by Crippen LogP contribution is 2.33. The highest BCUT2D eigenvalue weighted by molar-refractivity contribution is 9.24. The van der Waals surface area contributed by atoms with Crippen LogP contribution in [0.25, 0.3) is 44.3 Å². The van der Waals surface area contributed by atoms with Gasteiger partial charge >= 0.3 is 0 Å². The Balaban J connectivity index is 1.62. The second-order valence-electron chi connectivity index (χ2n) is 7.45. The van der Waals surface area contributed by atoms with Crippen LogP contribution in [-0.4, -0.2) is 9.97 Å². The zero-order chi connectivity index (χ0) is 22.2. The monoisotopic (exact) mass is 672 g/mol. The zero-order valence-electron chi connectivity index (χ0n) is 16.6. The maximum absolute atomic E-state index is 5.02. The molecular weight excluding hydrogens is 660 g/mol. The van der Waals surface area contributed by atoms with Gasteiger partial charge in [-0.3, -0.25) is 0 Å². The molecule has 0 spiro atoms. The molecule has 6 heteroatoms. The van der Waals surface area contributed by atoms with Gasteiger partial charge in [-0.1, -0.05) is 137 Å². The summed E-state index contributed by atoms with van der Waals surface area (Å²) in [6, 6.07) is 29.4. The van der Waals surface area contributed by atoms with Crippen molar-refractivity contribution in [1.82, 2.24) is 9.97 Å². The van der Waals surface area contributed by atoms with Crippen molar-refractivity contribution in [3.05, 3.63) is 96.1 Å². The summed E-state index contributed by atoms with van der Waals surface area (Å²) in [4.78, 5) is 10.0. The van der Waals surface area contributed by atoms with Crippen molar-refractivity contribution >= 4 is 85.5 Å². The van der Waals surface area contributed by atoms with Gasteiger partial charge in [0.15, 0.2) is 0 Å². The van der Waals surface area contributed by atoms with E-state index < -0.39 is 0 Å². The Hall–Kier alpha value is -1.60. The lowest BCUT2D eigenvalue weighted by atomic mass is 10.0. The number of aromatic nitrogens is 2. The lowest BCUT2D eigenvalue weighted by Gasteiger charge is -2.09. The van der Waals surface area contributed by atoms with Crippen molar-refractivity contribution < 1.29 is 0 Å². The standard InChI is InChI=1S/C26H16Br4N2/c27-25(28)19-7-1-15(2-8-19)21-13-11-17-5-6-18-12-14-22(32-24(18)23(17)31-21)16-3-9-20(10-4-16)26(29)30/h1-14,25-26H. The molecule has 158 valence electrons. The van der Waals surface area contributed by atoms with Crippen LogP contribution in [0.1, 0.15) is 18.6 Å². The first-order chi connectivity index (χ1) is 15.5. The quantitative estimate of drug-likeness (QED) is 0.140. The van der Waals surface area contributed by atoms with E-state index in [4.69, 9.17) is 9.97 Å². The predicted molar refractivity (Wildman–Crippen MR) is 149 cm³/mol. The van der Waals surface area contributed by atoms with Gasteiger partial charge in [0.05, 0.1) is 29.9 Å². The van der Waals surface area contributed by atoms with Gasteiger partial charge in [0.25, 0.3) is 0 Å². The summed E-state index contributed by atoms with van der Waals surface area (Å²) < 4.78 is 0.286. The van der Waals surface area contributed by atoms with E-state index in [0.29, 0.717) is 0 Å². The van der Waals surface area contributed by atoms with E-state index in [1.54, 1.807) is 0 Å². The van der Waals surface area contributed by atoms with E-state index in [-0.39, 0.29) is 7.47 Å². The molecule has 2 heterocycles. The van der Waals surface area contributed by atoms with Crippen LogP contribution in [0.5, 0.6) is 0 Å². The minimum absolute atomic E-state index is 0.143. The highest BCUT2D eigenvalue weighted by atomic mass is 79.9. The number of pyridine rings is 2. The van der Waals surface area contributed by atoms with Gasteiger partial charge in [-0.25, -0.2) is 9.97 Å². The van der Waals surface area contributed by atoms with Gasteiger partial charge in [-0.15, -0.1) is 0 Å². The molecule has 0 aliphatic heterocycles. The Labute approximate surface area is 220 Å². The van der Waals surface area contributed by atoms with Crippen molar-refractivity contribution in [2.24, 2.45) is 0 Å². The van der Waals surface area contributed by atoms with Crippen LogP contribution in [0.4, 0.5) is 0 Å². The van der Waals surface area contributed by atoms with Crippen LogP contribution in [0, 0.1) is 0 Å². The van der Waals surface area contributed by atoms with Gasteiger partial charge < -0.3 is 0 Å². The van der Waals surface area contributed by atoms with Crippen LogP contribution in [0.15, 0.2) is 84.9 Å². The molecule has 5 aromatic rings. The second kappa shape index (κ2) is 9.34. The number of halogens is 4. The van der Waals surface area contributed by atoms with Crippen molar-refractivity contribution in [3.63, 3.8) is 0 Å². The number of hydrogen-bond acceptors (Lipinski definition) is 2. The molecule has 0 saturated carbocycles. The number of alkyl halides is 4. The molecule has 0 saturated heterocycles. The molecule has 0 aliphatic rings. The average molecular weight is 676 g/mol. The van der Waals surface area contributed by atoms with Crippen molar-refractivity contribution in [3.8, 4) is 22.5 Å². The summed E-state index contributed by atoms with van der Waals surface area (Å²) in [5, 5.41) is 2.17. The summed E-state index contributed by atoms with van der Waals surface area (Å²) in [5.41, 5.74) is 8.22. The largest absolute Gasteiger partial charge is 0.245 e. The van der Waals surface area contributed by atoms with Crippen LogP contribution in [-0.2, 0) is 0 Å². The predicted octanol–water partition coefficient (Wildman–Crippen LogP) is 9.69. The van der Waals surface area contributed by atoms with Gasteiger partial charge in [0.2, 0.25) is 0 Å². The van der Waals surface area contributed by atoms with Crippen LogP contribution in [0.3, 0.4) is 0 Å². The average Bonchev–Trinajstić information content (AvgIpc) is 2.83. The molecule has 0 fully saturated rings. The summed E-state index contributed by atoms with van der Waals surface area (Å²) in [6.45, 7) is 0. The number of benzene rings is 3. The van der Waals surface area contributed by atoms with Gasteiger partial charge in [0.1, 0.15) is 0 Å². The molecule has 0 unspecified atom stereocenters. The molecule has 0 N–H and O–H groups in total. The van der Waals surface area contributed by atoms with Gasteiger partial charge in [-0.2, -0.15) is 0 Å². The van der Waals surface area contributed by atoms with Crippen molar-refractivity contribution in [2.45, 2.75) is 7.47 Å². The highest BCUT2D eigenvalue weighted by Gasteiger charge is 2.10. The molecule has 0 atom stereocenters. The van der Waals surface area contributed by atoms with Gasteiger partial charge in [-0.05, 0) is 23.3 Å². The molecule has 0 bridgehead atoms. The third-order valence-electron chi connectivity index (χ3n) is 5.44. The van der Waals surface area contributed by atoms with Crippen molar-refractivity contribution in [1.29, 1.82) is 0 Å². The van der Waals surface area contributed by atoms with E-state index in [0.717, 1.165) is 44.3 Å². The number of hydrogen-bond donors (Lipinski definition) is 0. The Bertz CT molecular complexity index is 1300. The fourth-order valence-electron chi connectivity index (χ4n) is 3.69. The van der Waals surface area contributed by atoms with E-state index in [1.807, 2.05) is 0 Å². The minimum Gasteiger partial charge on any atom is -0.245 e. The normalized spacial score (nSPS) is 11.7. The fourth-order valence-corrected chi connectivity index (χ4v) is 4.91. The van der Waals surface area contributed by atoms with Crippen molar-refractivity contribution in [2.75, 3.05) is 0 Å². The number of nitrogens with zero attached hydrogens (tertiary/aromatic N) is 2. The topological polar surface area (TPSA) is 25.8 Å². The molecule has 2 nitrogen and oxygen atoms in total. The maximum atomic E-state index is 5.02. The Morgan fingerprint density at radius 1 is 0.438 bits per heavy atom. The Kier molecular flexibility index (Phi) is 6.48. The van der Waals surface area contributed by atoms with E-state index >= 15 is 0 Å². The fraction of sp³-hybridized carbons (Fsp3) is 0.0769. The SMILES string of the molecule is BrC(Br)c1ccc(-c2ccc3ccc4ccc(-c5ccc(C(Br)Br)cc5)nc4c3n2)cc1. The Morgan fingerprint density at radius 2 is 0.781 bits per heavy atom. The van der Waals surface area contributed by atoms with E-state index in [1.165, 1.54) is 11.1 Å². The second-order valence-corrected chi connectivity index (χ2v) is 13.6. The third-order valence-corrected chi connectivity index (χ3v) is 7.55. The lowest BCUT2D eigenvalue weighted by molar-refractivity contribution is 1.35. The summed E-state index contributed by atoms with van der Waals surface area (Å²) in [5.74, 6) is 0. The first-order valence-corrected chi connectivity index (χ1v) is 13.6. The molecule has 32 heavy (non-hydrogen) atoms. The first kappa shape index (κ1) is 22.2. The van der Waals surface area contributed by atoms with Crippen LogP contribution >= 0.6 is 63.7 Å². The van der Waals surface area contributed by atoms with Gasteiger partial charge in [0, 0.05) is 21.9 Å². The molecule has 0 aliphatic carbocycles. The van der Waals surface area contributed by atoms with E-state index in [2.05, 4.69) is 149 Å². The number of rotatable bonds is 4. The zero-order valence-corrected chi connectivity index (χ0v) is 23.0.